The minimum atomic E-state index is -0.346. The summed E-state index contributed by atoms with van der Waals surface area (Å²) in [6, 6.07) is 9.40. The van der Waals surface area contributed by atoms with Crippen LogP contribution in [0, 0.1) is 16.7 Å². The highest BCUT2D eigenvalue weighted by Gasteiger charge is 2.00. The molecule has 5 nitrogen and oxygen atoms in total. The Morgan fingerprint density at radius 3 is 2.94 bits per heavy atom. The number of anilines is 1. The van der Waals surface area contributed by atoms with Crippen molar-refractivity contribution in [1.82, 2.24) is 0 Å². The molecule has 82 valence electrons. The maximum atomic E-state index is 8.63. The summed E-state index contributed by atoms with van der Waals surface area (Å²) in [5.74, 6) is -0.346. The normalized spacial score (nSPS) is 10.6. The number of nitrogens with one attached hydrogen (secondary N) is 2. The Bertz CT molecular complexity index is 456. The summed E-state index contributed by atoms with van der Waals surface area (Å²) >= 11 is 0. The van der Waals surface area contributed by atoms with Crippen molar-refractivity contribution in [3.8, 4) is 6.07 Å². The number of nitrogens with two attached hydrogens (primary N) is 1. The fourth-order valence-electron chi connectivity index (χ4n) is 1.13. The third-order valence-corrected chi connectivity index (χ3v) is 1.99. The van der Waals surface area contributed by atoms with Gasteiger partial charge in [0.2, 0.25) is 5.71 Å². The van der Waals surface area contributed by atoms with Crippen LogP contribution in [0.25, 0.3) is 0 Å². The highest BCUT2D eigenvalue weighted by atomic mass is 15.3. The van der Waals surface area contributed by atoms with Crippen LogP contribution in [0.15, 0.2) is 29.4 Å². The molecule has 0 saturated heterocycles. The van der Waals surface area contributed by atoms with E-state index in [9.17, 15) is 0 Å². The van der Waals surface area contributed by atoms with E-state index in [1.807, 2.05) is 24.3 Å². The van der Waals surface area contributed by atoms with Gasteiger partial charge in [0.25, 0.3) is 0 Å². The Balaban J connectivity index is 2.81. The molecule has 0 atom stereocenters. The number of aryl methyl sites for hydroxylation is 1. The molecule has 0 spiro atoms. The predicted octanol–water partition coefficient (Wildman–Crippen LogP) is 1.48. The Morgan fingerprint density at radius 2 is 2.38 bits per heavy atom. The summed E-state index contributed by atoms with van der Waals surface area (Å²) in [7, 11) is 0. The molecule has 1 aromatic carbocycles. The van der Waals surface area contributed by atoms with Crippen LogP contribution in [0.4, 0.5) is 5.69 Å². The maximum Gasteiger partial charge on any atom is 0.201 e. The summed E-state index contributed by atoms with van der Waals surface area (Å²) in [6.45, 7) is 2.05. The van der Waals surface area contributed by atoms with E-state index in [0.717, 1.165) is 12.1 Å². The average molecular weight is 215 g/mol. The standard InChI is InChI=1S/C11H13N5/c1-2-8-4-3-5-9(6-8)15-16-10(7-12)11(13)14/h3-6,15H,2H2,1H3,(H3,13,14)/b16-10+. The van der Waals surface area contributed by atoms with Gasteiger partial charge >= 0.3 is 0 Å². The molecule has 0 fully saturated rings. The number of hydrazone groups is 1. The van der Waals surface area contributed by atoms with Gasteiger partial charge in [0, 0.05) is 0 Å². The summed E-state index contributed by atoms with van der Waals surface area (Å²) in [6.07, 6.45) is 0.928. The van der Waals surface area contributed by atoms with Gasteiger partial charge in [-0.3, -0.25) is 10.8 Å². The first-order valence-electron chi connectivity index (χ1n) is 4.84. The molecule has 16 heavy (non-hydrogen) atoms. The molecule has 0 radical (unpaired) electrons. The zero-order valence-corrected chi connectivity index (χ0v) is 8.99. The quantitative estimate of drug-likeness (QED) is 0.403. The number of amidine groups is 1. The maximum absolute atomic E-state index is 8.63. The second-order valence-corrected chi connectivity index (χ2v) is 3.15. The molecular formula is C11H13N5. The Morgan fingerprint density at radius 1 is 1.62 bits per heavy atom. The van der Waals surface area contributed by atoms with E-state index >= 15 is 0 Å². The first-order valence-corrected chi connectivity index (χ1v) is 4.84. The van der Waals surface area contributed by atoms with E-state index < -0.39 is 0 Å². The SMILES string of the molecule is CCc1cccc(N/N=C(\C#N)C(=N)N)c1. The van der Waals surface area contributed by atoms with Crippen molar-refractivity contribution in [2.45, 2.75) is 13.3 Å². The monoisotopic (exact) mass is 215 g/mol. The molecule has 5 heteroatoms. The Hall–Kier alpha value is -2.35. The van der Waals surface area contributed by atoms with E-state index in [-0.39, 0.29) is 11.5 Å². The van der Waals surface area contributed by atoms with E-state index in [1.165, 1.54) is 5.56 Å². The average Bonchev–Trinajstić information content (AvgIpc) is 2.29. The van der Waals surface area contributed by atoms with Crippen LogP contribution in [0.5, 0.6) is 0 Å². The van der Waals surface area contributed by atoms with Crippen molar-refractivity contribution < 1.29 is 0 Å². The minimum absolute atomic E-state index is 0.123. The van der Waals surface area contributed by atoms with Gasteiger partial charge in [-0.15, -0.1) is 0 Å². The molecule has 0 unspecified atom stereocenters. The van der Waals surface area contributed by atoms with Gasteiger partial charge in [-0.1, -0.05) is 19.1 Å². The fraction of sp³-hybridized carbons (Fsp3) is 0.182. The van der Waals surface area contributed by atoms with Crippen LogP contribution < -0.4 is 11.2 Å². The Kier molecular flexibility index (Phi) is 4.04. The number of hydrogen-bond donors (Lipinski definition) is 3. The van der Waals surface area contributed by atoms with Crippen molar-refractivity contribution in [2.75, 3.05) is 5.43 Å². The van der Waals surface area contributed by atoms with Crippen LogP contribution in [0.2, 0.25) is 0 Å². The highest BCUT2D eigenvalue weighted by molar-refractivity contribution is 6.45. The molecule has 1 rings (SSSR count). The van der Waals surface area contributed by atoms with Gasteiger partial charge in [0.1, 0.15) is 6.07 Å². The van der Waals surface area contributed by atoms with Crippen LogP contribution >= 0.6 is 0 Å². The van der Waals surface area contributed by atoms with E-state index in [1.54, 1.807) is 6.07 Å². The van der Waals surface area contributed by atoms with Crippen molar-refractivity contribution in [2.24, 2.45) is 10.8 Å². The molecule has 0 aliphatic rings. The lowest BCUT2D eigenvalue weighted by molar-refractivity contribution is 1.14. The van der Waals surface area contributed by atoms with Gasteiger partial charge in [-0.2, -0.15) is 10.4 Å². The highest BCUT2D eigenvalue weighted by Crippen LogP contribution is 2.10. The van der Waals surface area contributed by atoms with E-state index in [2.05, 4.69) is 17.5 Å². The lowest BCUT2D eigenvalue weighted by Gasteiger charge is -2.03. The topological polar surface area (TPSA) is 98.0 Å². The third-order valence-electron chi connectivity index (χ3n) is 1.99. The molecule has 0 aromatic heterocycles. The number of benzene rings is 1. The predicted molar refractivity (Wildman–Crippen MR) is 64.4 cm³/mol. The summed E-state index contributed by atoms with van der Waals surface area (Å²) in [4.78, 5) is 0. The van der Waals surface area contributed by atoms with E-state index in [0.29, 0.717) is 0 Å². The Labute approximate surface area is 94.1 Å². The van der Waals surface area contributed by atoms with Crippen molar-refractivity contribution in [3.63, 3.8) is 0 Å². The fourth-order valence-corrected chi connectivity index (χ4v) is 1.13. The molecule has 1 aromatic rings. The van der Waals surface area contributed by atoms with Gasteiger partial charge in [0.05, 0.1) is 5.69 Å². The van der Waals surface area contributed by atoms with Gasteiger partial charge in [-0.25, -0.2) is 0 Å². The molecule has 0 aliphatic heterocycles. The number of hydrogen-bond acceptors (Lipinski definition) is 4. The number of rotatable bonds is 4. The van der Waals surface area contributed by atoms with Crippen molar-refractivity contribution >= 4 is 17.2 Å². The summed E-state index contributed by atoms with van der Waals surface area (Å²) < 4.78 is 0. The number of nitrogens with zero attached hydrogens (tertiary/aromatic N) is 2. The van der Waals surface area contributed by atoms with Gasteiger partial charge in [-0.05, 0) is 24.1 Å². The summed E-state index contributed by atoms with van der Waals surface area (Å²) in [5.41, 5.74) is 9.67. The zero-order valence-electron chi connectivity index (χ0n) is 8.99. The molecule has 0 aliphatic carbocycles. The van der Waals surface area contributed by atoms with Crippen molar-refractivity contribution in [1.29, 1.82) is 10.7 Å². The molecule has 0 saturated carbocycles. The third kappa shape index (κ3) is 3.10. The second-order valence-electron chi connectivity index (χ2n) is 3.15. The molecular weight excluding hydrogens is 202 g/mol. The molecule has 4 N–H and O–H groups in total. The van der Waals surface area contributed by atoms with Crippen LogP contribution in [0.3, 0.4) is 0 Å². The molecule has 0 bridgehead atoms. The minimum Gasteiger partial charge on any atom is -0.382 e. The van der Waals surface area contributed by atoms with Gasteiger partial charge < -0.3 is 5.73 Å². The zero-order chi connectivity index (χ0) is 12.0. The first kappa shape index (κ1) is 11.7. The smallest absolute Gasteiger partial charge is 0.201 e. The van der Waals surface area contributed by atoms with Crippen LogP contribution in [-0.2, 0) is 6.42 Å². The summed E-state index contributed by atoms with van der Waals surface area (Å²) in [5, 5.41) is 19.5. The van der Waals surface area contributed by atoms with E-state index in [4.69, 9.17) is 16.4 Å². The number of nitriles is 1. The van der Waals surface area contributed by atoms with Crippen LogP contribution in [0.1, 0.15) is 12.5 Å². The lowest BCUT2D eigenvalue weighted by atomic mass is 10.1. The van der Waals surface area contributed by atoms with Crippen LogP contribution in [-0.4, -0.2) is 11.5 Å². The second kappa shape index (κ2) is 5.51. The molecule has 0 amide bonds. The van der Waals surface area contributed by atoms with Gasteiger partial charge in [0.15, 0.2) is 5.84 Å². The lowest BCUT2D eigenvalue weighted by Crippen LogP contribution is -2.21. The largest absolute Gasteiger partial charge is 0.382 e. The molecule has 0 heterocycles. The first-order chi connectivity index (χ1) is 7.67. The van der Waals surface area contributed by atoms with Crippen molar-refractivity contribution in [3.05, 3.63) is 29.8 Å².